The fourth-order valence-corrected chi connectivity index (χ4v) is 2.55. The third-order valence-electron chi connectivity index (χ3n) is 3.92. The monoisotopic (exact) mass is 285 g/mol. The molecule has 112 valence electrons. The van der Waals surface area contributed by atoms with Crippen molar-refractivity contribution in [1.29, 1.82) is 0 Å². The molecule has 2 heteroatoms. The van der Waals surface area contributed by atoms with Crippen molar-refractivity contribution in [2.45, 2.75) is 40.7 Å². The molecule has 0 bridgehead atoms. The van der Waals surface area contributed by atoms with E-state index in [9.17, 15) is 4.39 Å². The highest BCUT2D eigenvalue weighted by atomic mass is 19.1. The molecule has 0 aliphatic heterocycles. The highest BCUT2D eigenvalue weighted by Crippen LogP contribution is 2.29. The van der Waals surface area contributed by atoms with E-state index in [4.69, 9.17) is 0 Å². The van der Waals surface area contributed by atoms with E-state index in [1.165, 1.54) is 11.1 Å². The normalized spacial score (nSPS) is 10.9. The van der Waals surface area contributed by atoms with Crippen molar-refractivity contribution in [3.05, 3.63) is 58.4 Å². The molecule has 0 amide bonds. The van der Waals surface area contributed by atoms with Crippen molar-refractivity contribution in [1.82, 2.24) is 5.32 Å². The van der Waals surface area contributed by atoms with Crippen molar-refractivity contribution in [2.75, 3.05) is 6.54 Å². The summed E-state index contributed by atoms with van der Waals surface area (Å²) >= 11 is 0. The third-order valence-corrected chi connectivity index (χ3v) is 3.92. The van der Waals surface area contributed by atoms with Gasteiger partial charge in [-0.1, -0.05) is 31.2 Å². The van der Waals surface area contributed by atoms with Crippen molar-refractivity contribution in [3.63, 3.8) is 0 Å². The molecule has 2 aromatic carbocycles. The molecule has 0 aromatic heterocycles. The number of benzene rings is 2. The lowest BCUT2D eigenvalue weighted by Crippen LogP contribution is -2.13. The van der Waals surface area contributed by atoms with E-state index >= 15 is 0 Å². The Morgan fingerprint density at radius 2 is 1.62 bits per heavy atom. The van der Waals surface area contributed by atoms with Gasteiger partial charge in [-0.15, -0.1) is 0 Å². The quantitative estimate of drug-likeness (QED) is 0.769. The minimum Gasteiger partial charge on any atom is -0.313 e. The molecule has 0 atom stereocenters. The Kier molecular flexibility index (Phi) is 5.13. The topological polar surface area (TPSA) is 12.0 Å². The molecule has 21 heavy (non-hydrogen) atoms. The maximum atomic E-state index is 14.4. The smallest absolute Gasteiger partial charge is 0.131 e. The van der Waals surface area contributed by atoms with Gasteiger partial charge in [0.2, 0.25) is 0 Å². The number of hydrogen-bond donors (Lipinski definition) is 1. The number of nitrogens with one attached hydrogen (secondary N) is 1. The lowest BCUT2D eigenvalue weighted by atomic mass is 9.94. The summed E-state index contributed by atoms with van der Waals surface area (Å²) < 4.78 is 14.4. The van der Waals surface area contributed by atoms with E-state index < -0.39 is 0 Å². The van der Waals surface area contributed by atoms with Crippen molar-refractivity contribution < 1.29 is 4.39 Å². The SMILES string of the molecule is CCCNCc1ccc(-c2cc(C)c(C)cc2C)c(F)c1. The van der Waals surface area contributed by atoms with Gasteiger partial charge in [0.05, 0.1) is 0 Å². The molecular formula is C19H24FN. The summed E-state index contributed by atoms with van der Waals surface area (Å²) in [5.41, 5.74) is 6.24. The second kappa shape index (κ2) is 6.86. The van der Waals surface area contributed by atoms with E-state index in [1.54, 1.807) is 6.07 Å². The predicted molar refractivity (Wildman–Crippen MR) is 88.0 cm³/mol. The van der Waals surface area contributed by atoms with Crippen molar-refractivity contribution >= 4 is 0 Å². The van der Waals surface area contributed by atoms with Crippen molar-refractivity contribution in [3.8, 4) is 11.1 Å². The fourth-order valence-electron chi connectivity index (χ4n) is 2.55. The molecule has 2 aromatic rings. The third kappa shape index (κ3) is 3.70. The summed E-state index contributed by atoms with van der Waals surface area (Å²) in [4.78, 5) is 0. The van der Waals surface area contributed by atoms with Gasteiger partial charge in [0, 0.05) is 12.1 Å². The van der Waals surface area contributed by atoms with E-state index in [2.05, 4.69) is 38.2 Å². The van der Waals surface area contributed by atoms with Gasteiger partial charge in [-0.25, -0.2) is 4.39 Å². The maximum Gasteiger partial charge on any atom is 0.131 e. The fraction of sp³-hybridized carbons (Fsp3) is 0.368. The van der Waals surface area contributed by atoms with E-state index in [-0.39, 0.29) is 5.82 Å². The molecule has 0 aliphatic carbocycles. The molecule has 1 N–H and O–H groups in total. The molecule has 0 unspecified atom stereocenters. The zero-order valence-corrected chi connectivity index (χ0v) is 13.4. The standard InChI is InChI=1S/C19H24FN/c1-5-8-21-12-16-6-7-17(19(20)11-16)18-10-14(3)13(2)9-15(18)4/h6-7,9-11,21H,5,8,12H2,1-4H3. The molecule has 0 saturated heterocycles. The van der Waals surface area contributed by atoms with Gasteiger partial charge in [0.15, 0.2) is 0 Å². The van der Waals surface area contributed by atoms with Crippen LogP contribution in [0.25, 0.3) is 11.1 Å². The molecule has 0 heterocycles. The Labute approximate surface area is 127 Å². The van der Waals surface area contributed by atoms with Crippen LogP contribution >= 0.6 is 0 Å². The molecule has 0 fully saturated rings. The largest absolute Gasteiger partial charge is 0.313 e. The molecule has 0 saturated carbocycles. The van der Waals surface area contributed by atoms with E-state index in [1.807, 2.05) is 19.1 Å². The van der Waals surface area contributed by atoms with Gasteiger partial charge in [-0.2, -0.15) is 0 Å². The summed E-state index contributed by atoms with van der Waals surface area (Å²) in [6.07, 6.45) is 1.09. The Balaban J connectivity index is 2.31. The van der Waals surface area contributed by atoms with Crippen LogP contribution in [-0.4, -0.2) is 6.54 Å². The van der Waals surface area contributed by atoms with Gasteiger partial charge in [-0.3, -0.25) is 0 Å². The number of aryl methyl sites for hydroxylation is 3. The first-order valence-corrected chi connectivity index (χ1v) is 7.60. The van der Waals surface area contributed by atoms with Gasteiger partial charge < -0.3 is 5.32 Å². The molecule has 0 spiro atoms. The van der Waals surface area contributed by atoms with Gasteiger partial charge in [0.1, 0.15) is 5.82 Å². The van der Waals surface area contributed by atoms with Crippen LogP contribution in [0.4, 0.5) is 4.39 Å². The van der Waals surface area contributed by atoms with E-state index in [0.29, 0.717) is 5.56 Å². The first-order chi connectivity index (χ1) is 10.0. The first kappa shape index (κ1) is 15.7. The Hall–Kier alpha value is -1.67. The highest BCUT2D eigenvalue weighted by Gasteiger charge is 2.10. The van der Waals surface area contributed by atoms with Crippen molar-refractivity contribution in [2.24, 2.45) is 0 Å². The molecule has 2 rings (SSSR count). The summed E-state index contributed by atoms with van der Waals surface area (Å²) in [6.45, 7) is 10.00. The summed E-state index contributed by atoms with van der Waals surface area (Å²) in [5, 5.41) is 3.30. The lowest BCUT2D eigenvalue weighted by molar-refractivity contribution is 0.622. The molecule has 0 aliphatic rings. The van der Waals surface area contributed by atoms with Crippen LogP contribution in [0, 0.1) is 26.6 Å². The molecular weight excluding hydrogens is 261 g/mol. The van der Waals surface area contributed by atoms with Crippen LogP contribution in [-0.2, 0) is 6.54 Å². The lowest BCUT2D eigenvalue weighted by Gasteiger charge is -2.12. The summed E-state index contributed by atoms with van der Waals surface area (Å²) in [5.74, 6) is -0.142. The van der Waals surface area contributed by atoms with Crippen LogP contribution in [0.3, 0.4) is 0 Å². The van der Waals surface area contributed by atoms with Gasteiger partial charge >= 0.3 is 0 Å². The predicted octanol–water partition coefficient (Wildman–Crippen LogP) is 4.92. The van der Waals surface area contributed by atoms with Gasteiger partial charge in [-0.05, 0) is 67.6 Å². The highest BCUT2D eigenvalue weighted by molar-refractivity contribution is 5.69. The zero-order chi connectivity index (χ0) is 15.4. The minimum atomic E-state index is -0.142. The van der Waals surface area contributed by atoms with E-state index in [0.717, 1.165) is 36.2 Å². The zero-order valence-electron chi connectivity index (χ0n) is 13.4. The Morgan fingerprint density at radius 1 is 0.905 bits per heavy atom. The Bertz CT molecular complexity index is 632. The molecule has 0 radical (unpaired) electrons. The Morgan fingerprint density at radius 3 is 2.29 bits per heavy atom. The summed E-state index contributed by atoms with van der Waals surface area (Å²) in [6, 6.07) is 9.76. The van der Waals surface area contributed by atoms with Crippen LogP contribution < -0.4 is 5.32 Å². The second-order valence-electron chi connectivity index (χ2n) is 5.74. The average Bonchev–Trinajstić information content (AvgIpc) is 2.44. The number of halogens is 1. The van der Waals surface area contributed by atoms with Crippen LogP contribution in [0.1, 0.15) is 35.6 Å². The summed E-state index contributed by atoms with van der Waals surface area (Å²) in [7, 11) is 0. The van der Waals surface area contributed by atoms with Crippen LogP contribution in [0.2, 0.25) is 0 Å². The first-order valence-electron chi connectivity index (χ1n) is 7.60. The number of rotatable bonds is 5. The second-order valence-corrected chi connectivity index (χ2v) is 5.74. The number of hydrogen-bond acceptors (Lipinski definition) is 1. The van der Waals surface area contributed by atoms with Crippen LogP contribution in [0.15, 0.2) is 30.3 Å². The van der Waals surface area contributed by atoms with Crippen LogP contribution in [0.5, 0.6) is 0 Å². The van der Waals surface area contributed by atoms with Gasteiger partial charge in [0.25, 0.3) is 0 Å². The maximum absolute atomic E-state index is 14.4. The average molecular weight is 285 g/mol. The molecule has 1 nitrogen and oxygen atoms in total. The minimum absolute atomic E-state index is 0.142.